The van der Waals surface area contributed by atoms with E-state index in [1.54, 1.807) is 24.3 Å². The van der Waals surface area contributed by atoms with Gasteiger partial charge in [-0.15, -0.1) is 11.3 Å². The fourth-order valence-electron chi connectivity index (χ4n) is 1.61. The number of carbonyl (C=O) groups excluding carboxylic acids is 1. The molecule has 0 saturated heterocycles. The highest BCUT2D eigenvalue weighted by Gasteiger charge is 2.12. The summed E-state index contributed by atoms with van der Waals surface area (Å²) >= 11 is 7.00. The van der Waals surface area contributed by atoms with Gasteiger partial charge in [0.1, 0.15) is 4.21 Å². The highest BCUT2D eigenvalue weighted by Crippen LogP contribution is 2.20. The molecular weight excluding hydrogens is 332 g/mol. The van der Waals surface area contributed by atoms with Crippen LogP contribution in [-0.2, 0) is 16.6 Å². The first-order valence-corrected chi connectivity index (χ1v) is 8.67. The third-order valence-corrected chi connectivity index (χ3v) is 5.71. The van der Waals surface area contributed by atoms with Crippen LogP contribution in [0.15, 0.2) is 34.5 Å². The van der Waals surface area contributed by atoms with Crippen LogP contribution in [0.4, 0.5) is 0 Å². The maximum Gasteiger partial charge on any atom is 0.251 e. The molecule has 21 heavy (non-hydrogen) atoms. The van der Waals surface area contributed by atoms with Crippen molar-refractivity contribution < 1.29 is 13.2 Å². The Balaban J connectivity index is 2.04. The number of aryl methyl sites for hydroxylation is 1. The zero-order valence-electron chi connectivity index (χ0n) is 11.1. The van der Waals surface area contributed by atoms with Gasteiger partial charge in [-0.2, -0.15) is 0 Å². The van der Waals surface area contributed by atoms with Crippen molar-refractivity contribution in [3.05, 3.63) is 51.4 Å². The molecule has 0 aliphatic rings. The van der Waals surface area contributed by atoms with Gasteiger partial charge in [0.05, 0.1) is 6.54 Å². The molecule has 2 rings (SSSR count). The minimum atomic E-state index is -3.69. The zero-order valence-corrected chi connectivity index (χ0v) is 13.5. The Bertz CT molecular complexity index is 784. The molecule has 0 aliphatic carbocycles. The lowest BCUT2D eigenvalue weighted by Gasteiger charge is -2.05. The molecule has 0 radical (unpaired) electrons. The molecule has 0 saturated carbocycles. The van der Waals surface area contributed by atoms with Gasteiger partial charge >= 0.3 is 0 Å². The van der Waals surface area contributed by atoms with E-state index in [1.807, 2.05) is 6.92 Å². The second kappa shape index (κ2) is 6.15. The third kappa shape index (κ3) is 4.04. The van der Waals surface area contributed by atoms with Crippen LogP contribution in [0, 0.1) is 6.92 Å². The van der Waals surface area contributed by atoms with E-state index < -0.39 is 10.0 Å². The molecule has 0 unspecified atom stereocenters. The number of carbonyl (C=O) groups is 1. The molecule has 112 valence electrons. The lowest BCUT2D eigenvalue weighted by atomic mass is 10.1. The van der Waals surface area contributed by atoms with Crippen molar-refractivity contribution >= 4 is 38.9 Å². The van der Waals surface area contributed by atoms with E-state index >= 15 is 0 Å². The molecule has 2 aromatic rings. The van der Waals surface area contributed by atoms with Crippen molar-refractivity contribution in [1.29, 1.82) is 0 Å². The lowest BCUT2D eigenvalue weighted by molar-refractivity contribution is 0.0951. The quantitative estimate of drug-likeness (QED) is 0.891. The predicted molar refractivity (Wildman–Crippen MR) is 83.1 cm³/mol. The van der Waals surface area contributed by atoms with Crippen molar-refractivity contribution in [2.45, 2.75) is 17.7 Å². The average Bonchev–Trinajstić information content (AvgIpc) is 2.88. The summed E-state index contributed by atoms with van der Waals surface area (Å²) in [5.41, 5.74) is 1.35. The SMILES string of the molecule is Cc1ccc(C(=O)NCc2ccc(S(N)(=O)=O)s2)cc1Cl. The summed E-state index contributed by atoms with van der Waals surface area (Å²) in [6.07, 6.45) is 0. The maximum absolute atomic E-state index is 12.0. The van der Waals surface area contributed by atoms with Crippen LogP contribution in [0.2, 0.25) is 5.02 Å². The molecular formula is C13H13ClN2O3S2. The number of rotatable bonds is 4. The van der Waals surface area contributed by atoms with E-state index in [-0.39, 0.29) is 16.7 Å². The lowest BCUT2D eigenvalue weighted by Crippen LogP contribution is -2.22. The van der Waals surface area contributed by atoms with Crippen molar-refractivity contribution in [3.63, 3.8) is 0 Å². The molecule has 3 N–H and O–H groups in total. The highest BCUT2D eigenvalue weighted by molar-refractivity contribution is 7.91. The van der Waals surface area contributed by atoms with E-state index in [1.165, 1.54) is 6.07 Å². The van der Waals surface area contributed by atoms with E-state index in [9.17, 15) is 13.2 Å². The summed E-state index contributed by atoms with van der Waals surface area (Å²) < 4.78 is 22.4. The van der Waals surface area contributed by atoms with Gasteiger partial charge in [0.15, 0.2) is 0 Å². The fourth-order valence-corrected chi connectivity index (χ4v) is 3.51. The summed E-state index contributed by atoms with van der Waals surface area (Å²) in [6.45, 7) is 2.08. The number of hydrogen-bond acceptors (Lipinski definition) is 4. The predicted octanol–water partition coefficient (Wildman–Crippen LogP) is 2.29. The second-order valence-electron chi connectivity index (χ2n) is 4.41. The van der Waals surface area contributed by atoms with Crippen LogP contribution in [-0.4, -0.2) is 14.3 Å². The van der Waals surface area contributed by atoms with Gasteiger partial charge in [0.25, 0.3) is 5.91 Å². The number of amides is 1. The molecule has 0 fully saturated rings. The smallest absolute Gasteiger partial charge is 0.251 e. The van der Waals surface area contributed by atoms with Gasteiger partial charge in [-0.25, -0.2) is 13.6 Å². The molecule has 1 aromatic carbocycles. The Morgan fingerprint density at radius 3 is 2.62 bits per heavy atom. The van der Waals surface area contributed by atoms with Crippen molar-refractivity contribution in [2.24, 2.45) is 5.14 Å². The fraction of sp³-hybridized carbons (Fsp3) is 0.154. The number of nitrogens with two attached hydrogens (primary N) is 1. The molecule has 1 heterocycles. The maximum atomic E-state index is 12.0. The second-order valence-corrected chi connectivity index (χ2v) is 7.78. The Morgan fingerprint density at radius 2 is 2.05 bits per heavy atom. The van der Waals surface area contributed by atoms with Crippen LogP contribution in [0.3, 0.4) is 0 Å². The first-order valence-electron chi connectivity index (χ1n) is 5.93. The number of sulfonamides is 1. The molecule has 0 atom stereocenters. The molecule has 1 amide bonds. The monoisotopic (exact) mass is 344 g/mol. The summed E-state index contributed by atoms with van der Waals surface area (Å²) in [6, 6.07) is 8.08. The van der Waals surface area contributed by atoms with Gasteiger partial charge in [-0.1, -0.05) is 17.7 Å². The zero-order chi connectivity index (χ0) is 15.6. The normalized spacial score (nSPS) is 11.4. The van der Waals surface area contributed by atoms with Gasteiger partial charge in [-0.05, 0) is 36.8 Å². The van der Waals surface area contributed by atoms with E-state index in [2.05, 4.69) is 5.32 Å². The molecule has 0 bridgehead atoms. The van der Waals surface area contributed by atoms with Crippen LogP contribution in [0.5, 0.6) is 0 Å². The summed E-state index contributed by atoms with van der Waals surface area (Å²) in [5, 5.41) is 8.26. The van der Waals surface area contributed by atoms with Crippen LogP contribution in [0.25, 0.3) is 0 Å². The number of benzene rings is 1. The van der Waals surface area contributed by atoms with E-state index in [0.29, 0.717) is 15.5 Å². The summed E-state index contributed by atoms with van der Waals surface area (Å²) in [4.78, 5) is 12.7. The minimum Gasteiger partial charge on any atom is -0.347 e. The van der Waals surface area contributed by atoms with Crippen LogP contribution >= 0.6 is 22.9 Å². The molecule has 8 heteroatoms. The molecule has 1 aromatic heterocycles. The standard InChI is InChI=1S/C13H13ClN2O3S2/c1-8-2-3-9(6-11(8)14)13(17)16-7-10-4-5-12(20-10)21(15,18)19/h2-6H,7H2,1H3,(H,16,17)(H2,15,18,19). The number of thiophene rings is 1. The van der Waals surface area contributed by atoms with Gasteiger partial charge in [0.2, 0.25) is 10.0 Å². The molecule has 0 spiro atoms. The minimum absolute atomic E-state index is 0.0742. The topological polar surface area (TPSA) is 89.3 Å². The third-order valence-electron chi connectivity index (χ3n) is 2.77. The number of halogens is 1. The van der Waals surface area contributed by atoms with Gasteiger partial charge in [0, 0.05) is 15.5 Å². The van der Waals surface area contributed by atoms with Gasteiger partial charge in [-0.3, -0.25) is 4.79 Å². The van der Waals surface area contributed by atoms with Crippen molar-refractivity contribution in [3.8, 4) is 0 Å². The number of nitrogens with one attached hydrogen (secondary N) is 1. The first kappa shape index (κ1) is 16.0. The Labute approximate surface area is 131 Å². The van der Waals surface area contributed by atoms with Gasteiger partial charge < -0.3 is 5.32 Å². The highest BCUT2D eigenvalue weighted by atomic mass is 35.5. The summed E-state index contributed by atoms with van der Waals surface area (Å²) in [7, 11) is -3.69. The molecule has 0 aliphatic heterocycles. The summed E-state index contributed by atoms with van der Waals surface area (Å²) in [5.74, 6) is -0.276. The van der Waals surface area contributed by atoms with Crippen molar-refractivity contribution in [2.75, 3.05) is 0 Å². The van der Waals surface area contributed by atoms with E-state index in [4.69, 9.17) is 16.7 Å². The Kier molecular flexibility index (Phi) is 4.67. The van der Waals surface area contributed by atoms with E-state index in [0.717, 1.165) is 16.9 Å². The van der Waals surface area contributed by atoms with Crippen LogP contribution in [0.1, 0.15) is 20.8 Å². The average molecular weight is 345 g/mol. The number of primary sulfonamides is 1. The van der Waals surface area contributed by atoms with Crippen molar-refractivity contribution in [1.82, 2.24) is 5.32 Å². The Hall–Kier alpha value is -1.41. The molecule has 5 nitrogen and oxygen atoms in total. The first-order chi connectivity index (χ1) is 9.77. The Morgan fingerprint density at radius 1 is 1.33 bits per heavy atom. The van der Waals surface area contributed by atoms with Crippen LogP contribution < -0.4 is 10.5 Å². The largest absolute Gasteiger partial charge is 0.347 e. The number of hydrogen-bond donors (Lipinski definition) is 2.